The lowest BCUT2D eigenvalue weighted by Crippen LogP contribution is -2.37. The minimum absolute atomic E-state index is 0.0669. The molecule has 146 valence electrons. The van der Waals surface area contributed by atoms with Gasteiger partial charge < -0.3 is 18.9 Å². The second-order valence-electron chi connectivity index (χ2n) is 7.63. The van der Waals surface area contributed by atoms with Gasteiger partial charge in [-0.05, 0) is 46.2 Å². The first-order chi connectivity index (χ1) is 12.7. The molecule has 6 heteroatoms. The van der Waals surface area contributed by atoms with Crippen molar-refractivity contribution in [1.29, 1.82) is 0 Å². The fourth-order valence-corrected chi connectivity index (χ4v) is 3.81. The van der Waals surface area contributed by atoms with Crippen LogP contribution in [0.25, 0.3) is 0 Å². The first-order valence-electron chi connectivity index (χ1n) is 9.56. The fourth-order valence-electron chi connectivity index (χ4n) is 3.81. The number of rotatable bonds is 2. The largest absolute Gasteiger partial charge is 0.351 e. The highest BCUT2D eigenvalue weighted by Crippen LogP contribution is 2.19. The van der Waals surface area contributed by atoms with E-state index in [-0.39, 0.29) is 11.8 Å². The van der Waals surface area contributed by atoms with Gasteiger partial charge in [0.1, 0.15) is 0 Å². The number of carbonyl (C=O) groups excluding carboxylic acids is 2. The van der Waals surface area contributed by atoms with Gasteiger partial charge in [-0.25, -0.2) is 0 Å². The van der Waals surface area contributed by atoms with Crippen LogP contribution in [0.2, 0.25) is 0 Å². The van der Waals surface area contributed by atoms with E-state index in [9.17, 15) is 9.59 Å². The summed E-state index contributed by atoms with van der Waals surface area (Å²) in [5.41, 5.74) is 5.68. The molecule has 0 spiro atoms. The maximum absolute atomic E-state index is 13.0. The molecule has 0 unspecified atom stereocenters. The number of aryl methyl sites for hydroxylation is 2. The maximum Gasteiger partial charge on any atom is 0.255 e. The predicted molar refractivity (Wildman–Crippen MR) is 106 cm³/mol. The van der Waals surface area contributed by atoms with Gasteiger partial charge in [0.25, 0.3) is 11.8 Å². The summed E-state index contributed by atoms with van der Waals surface area (Å²) in [5, 5.41) is 0. The molecule has 0 aromatic carbocycles. The van der Waals surface area contributed by atoms with Gasteiger partial charge in [0.15, 0.2) is 0 Å². The number of hydrogen-bond acceptors (Lipinski definition) is 2. The van der Waals surface area contributed by atoms with Gasteiger partial charge >= 0.3 is 0 Å². The van der Waals surface area contributed by atoms with E-state index in [1.807, 2.05) is 72.9 Å². The number of amides is 2. The third kappa shape index (κ3) is 3.40. The summed E-state index contributed by atoms with van der Waals surface area (Å²) in [6, 6.07) is 3.92. The predicted octanol–water partition coefficient (Wildman–Crippen LogP) is 2.59. The number of carbonyl (C=O) groups is 2. The third-order valence-electron chi connectivity index (χ3n) is 6.08. The van der Waals surface area contributed by atoms with Crippen LogP contribution < -0.4 is 0 Å². The Morgan fingerprint density at radius 1 is 0.704 bits per heavy atom. The molecule has 3 heterocycles. The Kier molecular flexibility index (Phi) is 5.18. The van der Waals surface area contributed by atoms with E-state index >= 15 is 0 Å². The fraction of sp³-hybridized carbons (Fsp3) is 0.524. The average molecular weight is 370 g/mol. The van der Waals surface area contributed by atoms with Gasteiger partial charge in [0.05, 0.1) is 11.1 Å². The van der Waals surface area contributed by atoms with Crippen molar-refractivity contribution in [3.63, 3.8) is 0 Å². The molecular formula is C21H30N4O2. The van der Waals surface area contributed by atoms with E-state index in [2.05, 4.69) is 0 Å². The SMILES string of the molecule is Cc1cc(C(=O)N2CCCN(C(=O)c3cc(C)n(C)c3C)CC2)c(C)n1C. The lowest BCUT2D eigenvalue weighted by Gasteiger charge is -2.22. The van der Waals surface area contributed by atoms with E-state index in [0.29, 0.717) is 26.2 Å². The monoisotopic (exact) mass is 370 g/mol. The van der Waals surface area contributed by atoms with Crippen molar-refractivity contribution in [3.05, 3.63) is 46.0 Å². The van der Waals surface area contributed by atoms with Crippen LogP contribution in [0.3, 0.4) is 0 Å². The lowest BCUT2D eigenvalue weighted by molar-refractivity contribution is 0.0718. The van der Waals surface area contributed by atoms with Crippen LogP contribution in [-0.4, -0.2) is 56.9 Å². The molecule has 0 radical (unpaired) electrons. The molecule has 1 aliphatic rings. The Morgan fingerprint density at radius 2 is 1.07 bits per heavy atom. The standard InChI is InChI=1S/C21H30N4O2/c1-14-12-18(16(3)22(14)5)20(26)24-8-7-9-25(11-10-24)21(27)19-13-15(2)23(6)17(19)4/h12-13H,7-11H2,1-6H3. The molecule has 0 bridgehead atoms. The minimum Gasteiger partial charge on any atom is -0.351 e. The number of hydrogen-bond donors (Lipinski definition) is 0. The van der Waals surface area contributed by atoms with Gasteiger partial charge in [-0.3, -0.25) is 9.59 Å². The van der Waals surface area contributed by atoms with Crippen LogP contribution in [0.15, 0.2) is 12.1 Å². The minimum atomic E-state index is 0.0669. The van der Waals surface area contributed by atoms with Crippen LogP contribution >= 0.6 is 0 Å². The zero-order valence-corrected chi connectivity index (χ0v) is 17.3. The van der Waals surface area contributed by atoms with Gasteiger partial charge in [0.2, 0.25) is 0 Å². The van der Waals surface area contributed by atoms with E-state index in [1.54, 1.807) is 0 Å². The summed E-state index contributed by atoms with van der Waals surface area (Å²) in [5.74, 6) is 0.134. The van der Waals surface area contributed by atoms with Crippen LogP contribution in [0.1, 0.15) is 49.9 Å². The molecule has 1 aliphatic heterocycles. The number of aromatic nitrogens is 2. The Labute approximate surface area is 161 Å². The Hall–Kier alpha value is -2.50. The summed E-state index contributed by atoms with van der Waals surface area (Å²) in [6.07, 6.45) is 0.799. The first kappa shape index (κ1) is 19.3. The van der Waals surface area contributed by atoms with Crippen LogP contribution in [0.5, 0.6) is 0 Å². The Balaban J connectivity index is 1.73. The average Bonchev–Trinajstić information content (AvgIpc) is 2.96. The molecule has 0 N–H and O–H groups in total. The molecule has 0 aliphatic carbocycles. The molecule has 3 rings (SSSR count). The van der Waals surface area contributed by atoms with Crippen molar-refractivity contribution < 1.29 is 9.59 Å². The van der Waals surface area contributed by atoms with Crippen molar-refractivity contribution in [1.82, 2.24) is 18.9 Å². The van der Waals surface area contributed by atoms with Gasteiger partial charge in [-0.15, -0.1) is 0 Å². The summed E-state index contributed by atoms with van der Waals surface area (Å²) >= 11 is 0. The molecule has 27 heavy (non-hydrogen) atoms. The summed E-state index contributed by atoms with van der Waals surface area (Å²) < 4.78 is 4.09. The van der Waals surface area contributed by atoms with Crippen LogP contribution in [0, 0.1) is 27.7 Å². The second-order valence-corrected chi connectivity index (χ2v) is 7.63. The van der Waals surface area contributed by atoms with E-state index in [4.69, 9.17) is 0 Å². The van der Waals surface area contributed by atoms with Gasteiger partial charge in [0, 0.05) is 63.1 Å². The molecule has 2 aromatic heterocycles. The van der Waals surface area contributed by atoms with Gasteiger partial charge in [-0.1, -0.05) is 0 Å². The van der Waals surface area contributed by atoms with E-state index < -0.39 is 0 Å². The highest BCUT2D eigenvalue weighted by atomic mass is 16.2. The molecule has 1 fully saturated rings. The Bertz CT molecular complexity index is 818. The number of nitrogens with zero attached hydrogens (tertiary/aromatic N) is 4. The second kappa shape index (κ2) is 7.25. The lowest BCUT2D eigenvalue weighted by atomic mass is 10.2. The quantitative estimate of drug-likeness (QED) is 0.816. The summed E-state index contributed by atoms with van der Waals surface area (Å²) in [6.45, 7) is 10.5. The van der Waals surface area contributed by atoms with Crippen molar-refractivity contribution in [2.45, 2.75) is 34.1 Å². The Morgan fingerprint density at radius 3 is 1.37 bits per heavy atom. The molecule has 2 aromatic rings. The van der Waals surface area contributed by atoms with Crippen molar-refractivity contribution in [2.75, 3.05) is 26.2 Å². The first-order valence-corrected chi connectivity index (χ1v) is 9.56. The van der Waals surface area contributed by atoms with Crippen molar-refractivity contribution >= 4 is 11.8 Å². The van der Waals surface area contributed by atoms with Crippen molar-refractivity contribution in [3.8, 4) is 0 Å². The topological polar surface area (TPSA) is 50.5 Å². The summed E-state index contributed by atoms with van der Waals surface area (Å²) in [4.78, 5) is 29.8. The highest BCUT2D eigenvalue weighted by Gasteiger charge is 2.26. The van der Waals surface area contributed by atoms with E-state index in [0.717, 1.165) is 40.3 Å². The van der Waals surface area contributed by atoms with E-state index in [1.165, 1.54) is 0 Å². The normalized spacial score (nSPS) is 15.2. The third-order valence-corrected chi connectivity index (χ3v) is 6.08. The summed E-state index contributed by atoms with van der Waals surface area (Å²) in [7, 11) is 3.96. The molecular weight excluding hydrogens is 340 g/mol. The maximum atomic E-state index is 13.0. The smallest absolute Gasteiger partial charge is 0.255 e. The molecule has 0 saturated carbocycles. The highest BCUT2D eigenvalue weighted by molar-refractivity contribution is 5.97. The van der Waals surface area contributed by atoms with Gasteiger partial charge in [-0.2, -0.15) is 0 Å². The zero-order chi connectivity index (χ0) is 19.9. The van der Waals surface area contributed by atoms with Crippen LogP contribution in [0.4, 0.5) is 0 Å². The van der Waals surface area contributed by atoms with Crippen molar-refractivity contribution in [2.24, 2.45) is 14.1 Å². The van der Waals surface area contributed by atoms with Crippen LogP contribution in [-0.2, 0) is 14.1 Å². The molecule has 6 nitrogen and oxygen atoms in total. The zero-order valence-electron chi connectivity index (χ0n) is 17.3. The molecule has 1 saturated heterocycles. The molecule has 2 amide bonds. The molecule has 0 atom stereocenters.